The maximum absolute atomic E-state index is 9.70. The molecule has 7 nitrogen and oxygen atoms in total. The minimum absolute atomic E-state index is 0.535. The highest BCUT2D eigenvalue weighted by Crippen LogP contribution is 2.42. The van der Waals surface area contributed by atoms with Gasteiger partial charge in [-0.2, -0.15) is 21.0 Å². The van der Waals surface area contributed by atoms with E-state index in [2.05, 4.69) is 82.0 Å². The van der Waals surface area contributed by atoms with Gasteiger partial charge in [0.05, 0.1) is 46.5 Å². The number of rotatable bonds is 7. The molecule has 0 spiro atoms. The lowest BCUT2D eigenvalue weighted by atomic mass is 10.1. The summed E-state index contributed by atoms with van der Waals surface area (Å²) in [5, 5.41) is 40.9. The first-order valence-electron chi connectivity index (χ1n) is 15.7. The first-order chi connectivity index (χ1) is 24.0. The molecule has 0 aliphatic carbocycles. The van der Waals surface area contributed by atoms with E-state index in [1.165, 1.54) is 0 Å². The Morgan fingerprint density at radius 3 is 1.02 bits per heavy atom. The van der Waals surface area contributed by atoms with E-state index < -0.39 is 0 Å². The number of fused-ring (bicyclic) bond motifs is 3. The van der Waals surface area contributed by atoms with Crippen molar-refractivity contribution in [1.82, 2.24) is 4.57 Å². The van der Waals surface area contributed by atoms with Crippen molar-refractivity contribution in [2.45, 2.75) is 13.5 Å². The SMILES string of the molecule is CCn1c2ccc(N(c3cccc(C#N)c3)c3cccc(C#N)c3)cc2c2cc(N(c3cccc(C#N)c3)c3cccc(C#N)c3)ccc21. The van der Waals surface area contributed by atoms with Gasteiger partial charge in [-0.25, -0.2) is 0 Å². The summed E-state index contributed by atoms with van der Waals surface area (Å²) in [6.45, 7) is 2.88. The maximum atomic E-state index is 9.70. The average molecular weight is 630 g/mol. The van der Waals surface area contributed by atoms with Gasteiger partial charge in [0.1, 0.15) is 0 Å². The quantitative estimate of drug-likeness (QED) is 0.174. The van der Waals surface area contributed by atoms with Gasteiger partial charge in [-0.1, -0.05) is 24.3 Å². The van der Waals surface area contributed by atoms with E-state index in [0.717, 1.165) is 62.5 Å². The molecule has 7 rings (SSSR count). The number of aromatic nitrogens is 1. The number of aryl methyl sites for hydroxylation is 1. The number of benzene rings is 6. The van der Waals surface area contributed by atoms with Crippen LogP contribution in [0.3, 0.4) is 0 Å². The Labute approximate surface area is 284 Å². The molecule has 1 heterocycles. The molecule has 0 unspecified atom stereocenters. The Hall–Kier alpha value is -7.32. The van der Waals surface area contributed by atoms with Crippen molar-refractivity contribution in [3.05, 3.63) is 156 Å². The minimum Gasteiger partial charge on any atom is -0.341 e. The summed E-state index contributed by atoms with van der Waals surface area (Å²) in [4.78, 5) is 4.13. The highest BCUT2D eigenvalue weighted by atomic mass is 15.1. The number of anilines is 6. The lowest BCUT2D eigenvalue weighted by Crippen LogP contribution is -2.10. The fourth-order valence-electron chi connectivity index (χ4n) is 6.45. The Kier molecular flexibility index (Phi) is 7.94. The molecule has 0 atom stereocenters. The topological polar surface area (TPSA) is 107 Å². The van der Waals surface area contributed by atoms with E-state index in [4.69, 9.17) is 0 Å². The average Bonchev–Trinajstić information content (AvgIpc) is 3.47. The smallest absolute Gasteiger partial charge is 0.0992 e. The van der Waals surface area contributed by atoms with Gasteiger partial charge < -0.3 is 14.4 Å². The van der Waals surface area contributed by atoms with E-state index in [-0.39, 0.29) is 0 Å². The first kappa shape index (κ1) is 30.3. The molecular formula is C42H27N7. The monoisotopic (exact) mass is 629 g/mol. The van der Waals surface area contributed by atoms with E-state index in [1.807, 2.05) is 72.8 Å². The van der Waals surface area contributed by atoms with Crippen LogP contribution in [0.2, 0.25) is 0 Å². The number of hydrogen-bond acceptors (Lipinski definition) is 6. The number of nitriles is 4. The highest BCUT2D eigenvalue weighted by Gasteiger charge is 2.20. The summed E-state index contributed by atoms with van der Waals surface area (Å²) in [7, 11) is 0. The van der Waals surface area contributed by atoms with Gasteiger partial charge in [0, 0.05) is 62.5 Å². The third-order valence-corrected chi connectivity index (χ3v) is 8.60. The summed E-state index contributed by atoms with van der Waals surface area (Å²) >= 11 is 0. The molecule has 0 fully saturated rings. The van der Waals surface area contributed by atoms with Crippen molar-refractivity contribution >= 4 is 55.9 Å². The first-order valence-corrected chi connectivity index (χ1v) is 15.7. The second-order valence-corrected chi connectivity index (χ2v) is 11.5. The van der Waals surface area contributed by atoms with Crippen molar-refractivity contribution in [3.63, 3.8) is 0 Å². The lowest BCUT2D eigenvalue weighted by Gasteiger charge is -2.26. The standard InChI is InChI=1S/C42H27N7/c1-2-47-41-17-15-37(48(33-11-3-7-29(19-33)25-43)34-12-4-8-30(20-34)26-44)23-39(41)40-24-38(16-18-42(40)47)49(35-13-5-9-31(21-35)27-45)36-14-6-10-32(22-36)28-46/h3-24H,2H2,1H3. The minimum atomic E-state index is 0.535. The van der Waals surface area contributed by atoms with Gasteiger partial charge in [0.25, 0.3) is 0 Å². The van der Waals surface area contributed by atoms with Gasteiger partial charge in [-0.05, 0) is 116 Å². The van der Waals surface area contributed by atoms with Crippen LogP contribution in [0, 0.1) is 45.3 Å². The van der Waals surface area contributed by atoms with Crippen molar-refractivity contribution in [1.29, 1.82) is 21.0 Å². The molecule has 49 heavy (non-hydrogen) atoms. The Balaban J connectivity index is 1.47. The molecule has 0 bridgehead atoms. The van der Waals surface area contributed by atoms with Gasteiger partial charge >= 0.3 is 0 Å². The summed E-state index contributed by atoms with van der Waals surface area (Å²) < 4.78 is 2.28. The highest BCUT2D eigenvalue weighted by molar-refractivity contribution is 6.11. The van der Waals surface area contributed by atoms with Crippen LogP contribution >= 0.6 is 0 Å². The largest absolute Gasteiger partial charge is 0.341 e. The van der Waals surface area contributed by atoms with Crippen LogP contribution in [-0.2, 0) is 6.54 Å². The zero-order valence-electron chi connectivity index (χ0n) is 26.5. The third-order valence-electron chi connectivity index (χ3n) is 8.60. The Morgan fingerprint density at radius 1 is 0.429 bits per heavy atom. The van der Waals surface area contributed by atoms with Crippen LogP contribution in [0.25, 0.3) is 21.8 Å². The number of nitrogens with zero attached hydrogens (tertiary/aromatic N) is 7. The van der Waals surface area contributed by atoms with Crippen molar-refractivity contribution in [3.8, 4) is 24.3 Å². The van der Waals surface area contributed by atoms with E-state index >= 15 is 0 Å². The molecule has 1 aromatic heterocycles. The van der Waals surface area contributed by atoms with Gasteiger partial charge in [0.15, 0.2) is 0 Å². The van der Waals surface area contributed by atoms with Crippen LogP contribution in [0.5, 0.6) is 0 Å². The summed E-state index contributed by atoms with van der Waals surface area (Å²) in [5.41, 5.74) is 9.23. The van der Waals surface area contributed by atoms with Crippen molar-refractivity contribution in [2.24, 2.45) is 0 Å². The van der Waals surface area contributed by atoms with Crippen molar-refractivity contribution < 1.29 is 0 Å². The Morgan fingerprint density at radius 2 is 0.735 bits per heavy atom. The summed E-state index contributed by atoms with van der Waals surface area (Å²) in [6, 6.07) is 51.4. The molecule has 0 amide bonds. The van der Waals surface area contributed by atoms with Gasteiger partial charge in [0.2, 0.25) is 0 Å². The third kappa shape index (κ3) is 5.55. The lowest BCUT2D eigenvalue weighted by molar-refractivity contribution is 0.827. The van der Waals surface area contributed by atoms with Crippen LogP contribution in [0.4, 0.5) is 34.1 Å². The predicted octanol–water partition coefficient (Wildman–Crippen LogP) is 10.2. The molecule has 0 radical (unpaired) electrons. The molecule has 0 saturated heterocycles. The zero-order chi connectivity index (χ0) is 33.9. The molecule has 230 valence electrons. The molecule has 0 aliphatic rings. The van der Waals surface area contributed by atoms with Gasteiger partial charge in [-0.15, -0.1) is 0 Å². The van der Waals surface area contributed by atoms with E-state index in [0.29, 0.717) is 22.3 Å². The number of hydrogen-bond donors (Lipinski definition) is 0. The van der Waals surface area contributed by atoms with Crippen molar-refractivity contribution in [2.75, 3.05) is 9.80 Å². The van der Waals surface area contributed by atoms with Gasteiger partial charge in [-0.3, -0.25) is 0 Å². The second kappa shape index (κ2) is 12.8. The fourth-order valence-corrected chi connectivity index (χ4v) is 6.45. The van der Waals surface area contributed by atoms with Crippen LogP contribution in [-0.4, -0.2) is 4.57 Å². The summed E-state index contributed by atoms with van der Waals surface area (Å²) in [5.74, 6) is 0. The maximum Gasteiger partial charge on any atom is 0.0992 e. The molecule has 6 aromatic carbocycles. The molecule has 0 aliphatic heterocycles. The van der Waals surface area contributed by atoms with E-state index in [1.54, 1.807) is 24.3 Å². The second-order valence-electron chi connectivity index (χ2n) is 11.5. The van der Waals surface area contributed by atoms with Crippen LogP contribution < -0.4 is 9.80 Å². The van der Waals surface area contributed by atoms with Crippen LogP contribution in [0.1, 0.15) is 29.2 Å². The molecule has 0 N–H and O–H groups in total. The molecule has 7 heteroatoms. The zero-order valence-corrected chi connectivity index (χ0v) is 26.5. The van der Waals surface area contributed by atoms with E-state index in [9.17, 15) is 21.0 Å². The normalized spacial score (nSPS) is 10.6. The summed E-state index contributed by atoms with van der Waals surface area (Å²) in [6.07, 6.45) is 0. The van der Waals surface area contributed by atoms with Crippen LogP contribution in [0.15, 0.2) is 133 Å². The molecule has 7 aromatic rings. The Bertz CT molecular complexity index is 2280. The molecule has 0 saturated carbocycles. The fraction of sp³-hybridized carbons (Fsp3) is 0.0476. The predicted molar refractivity (Wildman–Crippen MR) is 193 cm³/mol. The molecular weight excluding hydrogens is 603 g/mol.